The summed E-state index contributed by atoms with van der Waals surface area (Å²) in [7, 11) is 0. The average molecular weight is 627 g/mol. The minimum atomic E-state index is -0.304. The van der Waals surface area contributed by atoms with E-state index in [0.29, 0.717) is 29.8 Å². The Kier molecular flexibility index (Phi) is 12.5. The lowest BCUT2D eigenvalue weighted by Crippen LogP contribution is -2.31. The highest BCUT2D eigenvalue weighted by atomic mass is 16.5. The number of rotatable bonds is 17. The molecule has 47 heavy (non-hydrogen) atoms. The van der Waals surface area contributed by atoms with Gasteiger partial charge in [0.05, 0.1) is 12.2 Å². The summed E-state index contributed by atoms with van der Waals surface area (Å²) in [5.74, 6) is 0.552. The van der Waals surface area contributed by atoms with Gasteiger partial charge in [-0.15, -0.1) is 0 Å². The smallest absolute Gasteiger partial charge is 0.338 e. The number of benzene rings is 4. The fourth-order valence-electron chi connectivity index (χ4n) is 6.03. The summed E-state index contributed by atoms with van der Waals surface area (Å²) in [4.78, 5) is 12.8. The molecule has 0 unspecified atom stereocenters. The van der Waals surface area contributed by atoms with Gasteiger partial charge in [-0.1, -0.05) is 144 Å². The first-order chi connectivity index (χ1) is 23.0. The van der Waals surface area contributed by atoms with Crippen LogP contribution in [0.25, 0.3) is 23.6 Å². The predicted molar refractivity (Wildman–Crippen MR) is 196 cm³/mol. The molecule has 0 atom stereocenters. The van der Waals surface area contributed by atoms with Crippen LogP contribution in [0.4, 0.5) is 0 Å². The second kappa shape index (κ2) is 17.4. The fraction of sp³-hybridized carbons (Fsp3) is 0.310. The molecule has 0 bridgehead atoms. The van der Waals surface area contributed by atoms with E-state index in [2.05, 4.69) is 74.9 Å². The first-order valence-electron chi connectivity index (χ1n) is 17.3. The van der Waals surface area contributed by atoms with E-state index in [1.807, 2.05) is 42.5 Å². The van der Waals surface area contributed by atoms with Crippen LogP contribution in [0.3, 0.4) is 0 Å². The van der Waals surface area contributed by atoms with Crippen molar-refractivity contribution in [2.24, 2.45) is 0 Å². The van der Waals surface area contributed by atoms with Gasteiger partial charge >= 0.3 is 5.97 Å². The van der Waals surface area contributed by atoms with Crippen LogP contribution in [-0.2, 0) is 17.7 Å². The van der Waals surface area contributed by atoms with Gasteiger partial charge in [0.25, 0.3) is 0 Å². The maximum atomic E-state index is 12.8. The van der Waals surface area contributed by atoms with Gasteiger partial charge in [-0.3, -0.25) is 0 Å². The topological polar surface area (TPSA) is 48.7 Å². The zero-order chi connectivity index (χ0) is 32.8. The third kappa shape index (κ3) is 9.75. The number of hydrogen-bond acceptors (Lipinski definition) is 4. The molecule has 242 valence electrons. The zero-order valence-electron chi connectivity index (χ0n) is 28.0. The maximum absolute atomic E-state index is 12.8. The zero-order valence-corrected chi connectivity index (χ0v) is 28.0. The fourth-order valence-corrected chi connectivity index (χ4v) is 6.03. The van der Waals surface area contributed by atoms with Crippen molar-refractivity contribution in [3.8, 4) is 5.75 Å². The van der Waals surface area contributed by atoms with Gasteiger partial charge in [0, 0.05) is 10.6 Å². The highest BCUT2D eigenvalue weighted by molar-refractivity contribution is 6.72. The van der Waals surface area contributed by atoms with E-state index in [0.717, 1.165) is 52.1 Å². The van der Waals surface area contributed by atoms with E-state index in [9.17, 15) is 4.79 Å². The van der Waals surface area contributed by atoms with Crippen molar-refractivity contribution in [3.05, 3.63) is 130 Å². The molecule has 0 aliphatic rings. The van der Waals surface area contributed by atoms with E-state index < -0.39 is 0 Å². The lowest BCUT2D eigenvalue weighted by Gasteiger charge is -2.16. The number of esters is 1. The molecule has 4 aromatic carbocycles. The normalized spacial score (nSPS) is 11.6. The predicted octanol–water partition coefficient (Wildman–Crippen LogP) is 8.66. The monoisotopic (exact) mass is 626 g/mol. The average Bonchev–Trinajstić information content (AvgIpc) is 3.41. The minimum absolute atomic E-state index is 0.264. The van der Waals surface area contributed by atoms with Gasteiger partial charge < -0.3 is 13.9 Å². The quantitative estimate of drug-likeness (QED) is 0.0589. The van der Waals surface area contributed by atoms with Gasteiger partial charge in [0.2, 0.25) is 0 Å². The van der Waals surface area contributed by atoms with E-state index in [1.54, 1.807) is 6.07 Å². The molecule has 0 amide bonds. The van der Waals surface area contributed by atoms with Crippen LogP contribution in [0.15, 0.2) is 101 Å². The summed E-state index contributed by atoms with van der Waals surface area (Å²) >= 11 is 0. The number of fused-ring (bicyclic) bond motifs is 1. The first kappa shape index (κ1) is 33.8. The molecule has 0 aliphatic carbocycles. The van der Waals surface area contributed by atoms with Crippen LogP contribution >= 0.6 is 0 Å². The van der Waals surface area contributed by atoms with Gasteiger partial charge in [-0.05, 0) is 59.7 Å². The maximum Gasteiger partial charge on any atom is 0.338 e. The van der Waals surface area contributed by atoms with E-state index in [-0.39, 0.29) is 12.7 Å². The Morgan fingerprint density at radius 3 is 2.21 bits per heavy atom. The van der Waals surface area contributed by atoms with Crippen LogP contribution in [0, 0.1) is 0 Å². The molecule has 0 fully saturated rings. The molecular formula is C42H47BO4. The molecule has 5 rings (SSSR count). The van der Waals surface area contributed by atoms with Crippen molar-refractivity contribution in [2.75, 3.05) is 6.61 Å². The Bertz CT molecular complexity index is 1830. The summed E-state index contributed by atoms with van der Waals surface area (Å²) in [5.41, 5.74) is 6.40. The molecule has 4 nitrogen and oxygen atoms in total. The molecule has 1 heterocycles. The molecule has 5 heteroatoms. The largest absolute Gasteiger partial charge is 0.489 e. The summed E-state index contributed by atoms with van der Waals surface area (Å²) in [6.07, 6.45) is 12.6. The molecule has 0 saturated carbocycles. The Morgan fingerprint density at radius 2 is 1.49 bits per heavy atom. The SMILES string of the molecule is C=c1/c(=C/c2ccc(B(C)Cc3ccccc3)c(OCc3ccccc3)c2)oc2ccc(C(=O)OCCCCCCCCCC)cc12. The molecule has 0 radical (unpaired) electrons. The van der Waals surface area contributed by atoms with E-state index in [1.165, 1.54) is 44.1 Å². The highest BCUT2D eigenvalue weighted by Crippen LogP contribution is 2.18. The van der Waals surface area contributed by atoms with Crippen molar-refractivity contribution >= 4 is 41.8 Å². The number of hydrogen-bond donors (Lipinski definition) is 0. The van der Waals surface area contributed by atoms with Crippen molar-refractivity contribution in [2.45, 2.75) is 78.0 Å². The Morgan fingerprint density at radius 1 is 0.809 bits per heavy atom. The second-order valence-electron chi connectivity index (χ2n) is 12.6. The second-order valence-corrected chi connectivity index (χ2v) is 12.6. The molecule has 0 N–H and O–H groups in total. The first-order valence-corrected chi connectivity index (χ1v) is 17.3. The molecule has 0 spiro atoms. The van der Waals surface area contributed by atoms with E-state index in [4.69, 9.17) is 13.9 Å². The number of unbranched alkanes of at least 4 members (excludes halogenated alkanes) is 7. The summed E-state index contributed by atoms with van der Waals surface area (Å²) in [5, 5.41) is 1.55. The lowest BCUT2D eigenvalue weighted by atomic mass is 9.43. The van der Waals surface area contributed by atoms with Crippen LogP contribution in [0.5, 0.6) is 5.75 Å². The van der Waals surface area contributed by atoms with Crippen LogP contribution < -0.4 is 20.8 Å². The number of ether oxygens (including phenoxy) is 2. The van der Waals surface area contributed by atoms with Crippen molar-refractivity contribution in [1.29, 1.82) is 0 Å². The van der Waals surface area contributed by atoms with E-state index >= 15 is 0 Å². The summed E-state index contributed by atoms with van der Waals surface area (Å²) in [6, 6.07) is 32.6. The molecule has 5 aromatic rings. The third-order valence-electron chi connectivity index (χ3n) is 8.78. The van der Waals surface area contributed by atoms with Crippen LogP contribution in [0.2, 0.25) is 6.82 Å². The van der Waals surface area contributed by atoms with Gasteiger partial charge in [0.1, 0.15) is 23.4 Å². The molecule has 1 aromatic heterocycles. The number of carbonyl (C=O) groups is 1. The Hall–Kier alpha value is -4.51. The van der Waals surface area contributed by atoms with Crippen LogP contribution in [-0.4, -0.2) is 19.3 Å². The van der Waals surface area contributed by atoms with Gasteiger partial charge in [0.15, 0.2) is 6.71 Å². The lowest BCUT2D eigenvalue weighted by molar-refractivity contribution is 0.0498. The Labute approximate surface area is 280 Å². The van der Waals surface area contributed by atoms with Crippen molar-refractivity contribution in [3.63, 3.8) is 0 Å². The highest BCUT2D eigenvalue weighted by Gasteiger charge is 2.17. The standard InChI is InChI=1S/C42H47BO4/c1-4-5-6-7-8-9-10-17-26-45-42(44)36-23-25-39-37(29-36)32(2)40(47-39)27-35-22-24-38(43(3)30-33-18-13-11-14-19-33)41(28-35)46-31-34-20-15-12-16-21-34/h11-16,18-25,27-29H,2,4-10,17,26,30-31H2,1,3H3/b40-27-. The minimum Gasteiger partial charge on any atom is -0.489 e. The molecule has 0 saturated heterocycles. The van der Waals surface area contributed by atoms with Gasteiger partial charge in [-0.25, -0.2) is 4.79 Å². The summed E-state index contributed by atoms with van der Waals surface area (Å²) < 4.78 is 18.2. The number of furan rings is 1. The molecular weight excluding hydrogens is 579 g/mol. The van der Waals surface area contributed by atoms with Crippen molar-refractivity contribution < 1.29 is 18.7 Å². The summed E-state index contributed by atoms with van der Waals surface area (Å²) in [6.45, 7) is 9.99. The number of carbonyl (C=O) groups excluding carboxylic acids is 1. The van der Waals surface area contributed by atoms with Crippen LogP contribution in [0.1, 0.15) is 85.3 Å². The molecule has 0 aliphatic heterocycles. The van der Waals surface area contributed by atoms with Gasteiger partial charge in [-0.2, -0.15) is 0 Å². The van der Waals surface area contributed by atoms with Crippen molar-refractivity contribution in [1.82, 2.24) is 0 Å². The third-order valence-corrected chi connectivity index (χ3v) is 8.78. The Balaban J connectivity index is 1.30.